The van der Waals surface area contributed by atoms with Crippen molar-refractivity contribution in [3.8, 4) is 11.9 Å². The van der Waals surface area contributed by atoms with Gasteiger partial charge in [-0.25, -0.2) is 4.63 Å². The van der Waals surface area contributed by atoms with E-state index in [1.807, 2.05) is 0 Å². The molecule has 0 saturated heterocycles. The van der Waals surface area contributed by atoms with Crippen LogP contribution in [-0.2, 0) is 0 Å². The highest BCUT2D eigenvalue weighted by Crippen LogP contribution is 2.15. The largest absolute Gasteiger partial charge is 0.381 e. The molecule has 0 atom stereocenters. The van der Waals surface area contributed by atoms with Gasteiger partial charge in [-0.15, -0.1) is 5.10 Å². The highest BCUT2D eigenvalue weighted by Gasteiger charge is 2.16. The summed E-state index contributed by atoms with van der Waals surface area (Å²) in [6.07, 6.45) is 0. The van der Waals surface area contributed by atoms with Crippen molar-refractivity contribution >= 4 is 11.6 Å². The summed E-state index contributed by atoms with van der Waals surface area (Å²) in [6.45, 7) is 0. The highest BCUT2D eigenvalue weighted by atomic mass is 16.6. The summed E-state index contributed by atoms with van der Waals surface area (Å²) in [6, 6.07) is 1.76. The fourth-order valence-corrected chi connectivity index (χ4v) is 0.863. The molecule has 0 aromatic carbocycles. The van der Waals surface area contributed by atoms with Crippen LogP contribution in [0.1, 0.15) is 5.69 Å². The van der Waals surface area contributed by atoms with Gasteiger partial charge in [0.05, 0.1) is 0 Å². The van der Waals surface area contributed by atoms with Crippen LogP contribution in [0.2, 0.25) is 0 Å². The SMILES string of the molecule is N#Cc1nnn(-c2nonc2N)c1N. The van der Waals surface area contributed by atoms with E-state index in [9.17, 15) is 0 Å². The molecule has 0 aliphatic carbocycles. The topological polar surface area (TPSA) is 145 Å². The maximum absolute atomic E-state index is 8.56. The summed E-state index contributed by atoms with van der Waals surface area (Å²) >= 11 is 0. The van der Waals surface area contributed by atoms with E-state index in [2.05, 4.69) is 25.3 Å². The summed E-state index contributed by atoms with van der Waals surface area (Å²) < 4.78 is 5.42. The molecule has 0 aliphatic heterocycles. The quantitative estimate of drug-likeness (QED) is 0.565. The maximum Gasteiger partial charge on any atom is 0.245 e. The van der Waals surface area contributed by atoms with Gasteiger partial charge in [-0.2, -0.15) is 9.94 Å². The summed E-state index contributed by atoms with van der Waals surface area (Å²) in [7, 11) is 0. The predicted octanol–water partition coefficient (Wildman–Crippen LogP) is -1.31. The normalized spacial score (nSPS) is 9.93. The second kappa shape index (κ2) is 2.70. The molecule has 0 radical (unpaired) electrons. The van der Waals surface area contributed by atoms with Gasteiger partial charge in [-0.1, -0.05) is 5.21 Å². The number of hydrogen-bond donors (Lipinski definition) is 2. The average Bonchev–Trinajstić information content (AvgIpc) is 2.72. The van der Waals surface area contributed by atoms with Crippen LogP contribution >= 0.6 is 0 Å². The van der Waals surface area contributed by atoms with E-state index in [0.717, 1.165) is 4.68 Å². The van der Waals surface area contributed by atoms with Gasteiger partial charge >= 0.3 is 0 Å². The lowest BCUT2D eigenvalue weighted by molar-refractivity contribution is 0.307. The monoisotopic (exact) mass is 192 g/mol. The Hall–Kier alpha value is -2.63. The van der Waals surface area contributed by atoms with Gasteiger partial charge in [0.1, 0.15) is 6.07 Å². The number of anilines is 2. The summed E-state index contributed by atoms with van der Waals surface area (Å²) in [5, 5.41) is 22.4. The summed E-state index contributed by atoms with van der Waals surface area (Å²) in [4.78, 5) is 0. The summed E-state index contributed by atoms with van der Waals surface area (Å²) in [5.41, 5.74) is 10.9. The van der Waals surface area contributed by atoms with E-state index >= 15 is 0 Å². The van der Waals surface area contributed by atoms with Crippen LogP contribution < -0.4 is 11.5 Å². The number of rotatable bonds is 1. The van der Waals surface area contributed by atoms with Crippen LogP contribution in [0.25, 0.3) is 5.82 Å². The fraction of sp³-hybridized carbons (Fsp3) is 0. The lowest BCUT2D eigenvalue weighted by Crippen LogP contribution is -2.05. The van der Waals surface area contributed by atoms with E-state index in [-0.39, 0.29) is 23.1 Å². The van der Waals surface area contributed by atoms with Crippen LogP contribution in [0, 0.1) is 11.3 Å². The Morgan fingerprint density at radius 1 is 1.36 bits per heavy atom. The molecular weight excluding hydrogens is 188 g/mol. The predicted molar refractivity (Wildman–Crippen MR) is 42.8 cm³/mol. The molecule has 4 N–H and O–H groups in total. The molecule has 0 saturated carbocycles. The van der Waals surface area contributed by atoms with Gasteiger partial charge < -0.3 is 11.5 Å². The van der Waals surface area contributed by atoms with Crippen molar-refractivity contribution in [2.75, 3.05) is 11.5 Å². The number of nitrogens with zero attached hydrogens (tertiary/aromatic N) is 6. The Kier molecular flexibility index (Phi) is 1.54. The molecule has 2 aromatic heterocycles. The fourth-order valence-electron chi connectivity index (χ4n) is 0.863. The van der Waals surface area contributed by atoms with Crippen molar-refractivity contribution in [2.24, 2.45) is 0 Å². The van der Waals surface area contributed by atoms with Crippen LogP contribution in [0.4, 0.5) is 11.6 Å². The summed E-state index contributed by atoms with van der Waals surface area (Å²) in [5.74, 6) is 0.164. The zero-order valence-corrected chi connectivity index (χ0v) is 6.75. The molecule has 9 nitrogen and oxygen atoms in total. The molecule has 0 bridgehead atoms. The molecule has 0 amide bonds. The molecule has 2 aromatic rings. The number of nitrogen functional groups attached to an aromatic ring is 2. The van der Waals surface area contributed by atoms with Gasteiger partial charge in [0.25, 0.3) is 0 Å². The first-order valence-electron chi connectivity index (χ1n) is 3.43. The third kappa shape index (κ3) is 0.944. The molecule has 14 heavy (non-hydrogen) atoms. The molecule has 0 unspecified atom stereocenters. The Bertz CT molecular complexity index is 504. The maximum atomic E-state index is 8.56. The first-order chi connectivity index (χ1) is 6.74. The Morgan fingerprint density at radius 2 is 2.14 bits per heavy atom. The Labute approximate surface area is 76.9 Å². The third-order valence-electron chi connectivity index (χ3n) is 1.51. The van der Waals surface area contributed by atoms with Crippen molar-refractivity contribution in [1.29, 1.82) is 5.26 Å². The van der Waals surface area contributed by atoms with Crippen molar-refractivity contribution in [1.82, 2.24) is 25.3 Å². The average molecular weight is 192 g/mol. The van der Waals surface area contributed by atoms with Gasteiger partial charge in [-0.05, 0) is 10.3 Å². The van der Waals surface area contributed by atoms with Gasteiger partial charge in [0, 0.05) is 0 Å². The number of nitrogens with two attached hydrogens (primary N) is 2. The second-order valence-corrected chi connectivity index (χ2v) is 2.32. The smallest absolute Gasteiger partial charge is 0.245 e. The molecule has 2 heterocycles. The van der Waals surface area contributed by atoms with Gasteiger partial charge in [-0.3, -0.25) is 0 Å². The zero-order chi connectivity index (χ0) is 10.1. The molecule has 0 fully saturated rings. The van der Waals surface area contributed by atoms with E-state index in [1.54, 1.807) is 6.07 Å². The Balaban J connectivity index is 2.59. The second-order valence-electron chi connectivity index (χ2n) is 2.32. The minimum Gasteiger partial charge on any atom is -0.381 e. The van der Waals surface area contributed by atoms with E-state index < -0.39 is 0 Å². The van der Waals surface area contributed by atoms with Crippen molar-refractivity contribution in [3.63, 3.8) is 0 Å². The zero-order valence-electron chi connectivity index (χ0n) is 6.75. The first-order valence-corrected chi connectivity index (χ1v) is 3.43. The molecule has 0 aliphatic rings. The standard InChI is InChI=1S/C5H4N8O/c6-1-2-4(8)13(12-9-2)5-3(7)10-14-11-5/h8H2,(H2,7,10). The highest BCUT2D eigenvalue weighted by molar-refractivity contribution is 5.52. The van der Waals surface area contributed by atoms with Crippen LogP contribution in [0.5, 0.6) is 0 Å². The lowest BCUT2D eigenvalue weighted by Gasteiger charge is -1.94. The van der Waals surface area contributed by atoms with E-state index in [1.165, 1.54) is 0 Å². The number of nitriles is 1. The minimum absolute atomic E-state index is 0.00704. The number of aromatic nitrogens is 5. The van der Waals surface area contributed by atoms with Crippen molar-refractivity contribution in [2.45, 2.75) is 0 Å². The minimum atomic E-state index is -0.00704. The molecular formula is C5H4N8O. The molecule has 0 spiro atoms. The molecule has 70 valence electrons. The van der Waals surface area contributed by atoms with E-state index in [0.29, 0.717) is 0 Å². The Morgan fingerprint density at radius 3 is 2.64 bits per heavy atom. The van der Waals surface area contributed by atoms with Crippen LogP contribution in [0.3, 0.4) is 0 Å². The van der Waals surface area contributed by atoms with Gasteiger partial charge in [0.2, 0.25) is 17.3 Å². The van der Waals surface area contributed by atoms with E-state index in [4.69, 9.17) is 16.7 Å². The molecule has 2 rings (SSSR count). The molecule has 9 heteroatoms. The van der Waals surface area contributed by atoms with Crippen molar-refractivity contribution < 1.29 is 4.63 Å². The van der Waals surface area contributed by atoms with Crippen LogP contribution in [-0.4, -0.2) is 25.3 Å². The first kappa shape index (κ1) is 7.99. The van der Waals surface area contributed by atoms with Crippen molar-refractivity contribution in [3.05, 3.63) is 5.69 Å². The van der Waals surface area contributed by atoms with Crippen LogP contribution in [0.15, 0.2) is 4.63 Å². The lowest BCUT2D eigenvalue weighted by atomic mass is 10.5. The number of hydrogen-bond acceptors (Lipinski definition) is 8. The van der Waals surface area contributed by atoms with Gasteiger partial charge in [0.15, 0.2) is 5.82 Å². The third-order valence-corrected chi connectivity index (χ3v) is 1.51.